The summed E-state index contributed by atoms with van der Waals surface area (Å²) in [6, 6.07) is 25.4. The van der Waals surface area contributed by atoms with Crippen molar-refractivity contribution in [2.24, 2.45) is 0 Å². The topological polar surface area (TPSA) is 76.2 Å². The molecule has 5 nitrogen and oxygen atoms in total. The molecule has 0 bridgehead atoms. The third-order valence-corrected chi connectivity index (χ3v) is 3.93. The van der Waals surface area contributed by atoms with Crippen molar-refractivity contribution in [1.29, 1.82) is 5.26 Å². The van der Waals surface area contributed by atoms with Gasteiger partial charge in [0, 0.05) is 12.1 Å². The maximum Gasteiger partial charge on any atom is 0.269 e. The zero-order chi connectivity index (χ0) is 19.1. The number of ether oxygens (including phenoxy) is 1. The lowest BCUT2D eigenvalue weighted by Gasteiger charge is -2.07. The molecule has 3 rings (SSSR count). The van der Waals surface area contributed by atoms with Gasteiger partial charge in [-0.15, -0.1) is 0 Å². The van der Waals surface area contributed by atoms with E-state index in [4.69, 9.17) is 4.74 Å². The van der Waals surface area contributed by atoms with E-state index in [1.165, 1.54) is 12.1 Å². The molecule has 27 heavy (non-hydrogen) atoms. The molecule has 0 atom stereocenters. The van der Waals surface area contributed by atoms with Crippen LogP contribution in [0.15, 0.2) is 78.9 Å². The normalized spacial score (nSPS) is 10.9. The van der Waals surface area contributed by atoms with Crippen LogP contribution < -0.4 is 4.74 Å². The zero-order valence-electron chi connectivity index (χ0n) is 14.4. The molecule has 0 amide bonds. The lowest BCUT2D eigenvalue weighted by Crippen LogP contribution is -1.96. The third-order valence-electron chi connectivity index (χ3n) is 3.93. The van der Waals surface area contributed by atoms with Crippen LogP contribution in [0.2, 0.25) is 0 Å². The van der Waals surface area contributed by atoms with Crippen LogP contribution in [-0.2, 0) is 6.61 Å². The molecular formula is C22H16N2O3. The minimum Gasteiger partial charge on any atom is -0.489 e. The Hall–Kier alpha value is -3.91. The summed E-state index contributed by atoms with van der Waals surface area (Å²) in [6.45, 7) is 0.301. The Morgan fingerprint density at radius 2 is 1.78 bits per heavy atom. The van der Waals surface area contributed by atoms with Gasteiger partial charge in [0.15, 0.2) is 0 Å². The van der Waals surface area contributed by atoms with Crippen molar-refractivity contribution >= 4 is 17.3 Å². The van der Waals surface area contributed by atoms with E-state index in [0.29, 0.717) is 17.9 Å². The second kappa shape index (κ2) is 8.45. The van der Waals surface area contributed by atoms with Crippen LogP contribution in [0.25, 0.3) is 11.6 Å². The Morgan fingerprint density at radius 1 is 1.04 bits per heavy atom. The molecule has 3 aromatic rings. The lowest BCUT2D eigenvalue weighted by molar-refractivity contribution is -0.384. The number of rotatable bonds is 6. The van der Waals surface area contributed by atoms with Crippen molar-refractivity contribution in [3.63, 3.8) is 0 Å². The molecule has 132 valence electrons. The molecule has 0 spiro atoms. The molecule has 0 fully saturated rings. The Labute approximate surface area is 156 Å². The Balaban J connectivity index is 1.73. The number of benzene rings is 3. The summed E-state index contributed by atoms with van der Waals surface area (Å²) in [7, 11) is 0. The van der Waals surface area contributed by atoms with Gasteiger partial charge in [0.25, 0.3) is 5.69 Å². The Bertz CT molecular complexity index is 1000. The average molecular weight is 356 g/mol. The van der Waals surface area contributed by atoms with Gasteiger partial charge in [-0.05, 0) is 47.0 Å². The van der Waals surface area contributed by atoms with Gasteiger partial charge < -0.3 is 4.74 Å². The van der Waals surface area contributed by atoms with E-state index in [-0.39, 0.29) is 5.69 Å². The first-order valence-electron chi connectivity index (χ1n) is 8.29. The second-order valence-electron chi connectivity index (χ2n) is 5.82. The molecule has 5 heteroatoms. The van der Waals surface area contributed by atoms with E-state index in [0.717, 1.165) is 16.7 Å². The molecule has 0 unspecified atom stereocenters. The minimum absolute atomic E-state index is 0.0517. The first-order valence-corrected chi connectivity index (χ1v) is 8.29. The quantitative estimate of drug-likeness (QED) is 0.262. The van der Waals surface area contributed by atoms with Crippen molar-refractivity contribution in [3.05, 3.63) is 106 Å². The first-order chi connectivity index (χ1) is 13.2. The fourth-order valence-corrected chi connectivity index (χ4v) is 2.54. The highest BCUT2D eigenvalue weighted by atomic mass is 16.6. The van der Waals surface area contributed by atoms with Crippen molar-refractivity contribution in [2.45, 2.75) is 6.61 Å². The van der Waals surface area contributed by atoms with E-state index >= 15 is 0 Å². The monoisotopic (exact) mass is 356 g/mol. The summed E-state index contributed by atoms with van der Waals surface area (Å²) < 4.78 is 5.77. The van der Waals surface area contributed by atoms with Crippen LogP contribution in [0.3, 0.4) is 0 Å². The van der Waals surface area contributed by atoms with Gasteiger partial charge in [0.05, 0.1) is 16.6 Å². The summed E-state index contributed by atoms with van der Waals surface area (Å²) in [6.07, 6.45) is 1.81. The van der Waals surface area contributed by atoms with E-state index in [2.05, 4.69) is 6.07 Å². The van der Waals surface area contributed by atoms with Crippen LogP contribution in [0.5, 0.6) is 5.75 Å². The smallest absolute Gasteiger partial charge is 0.269 e. The molecule has 3 aromatic carbocycles. The van der Waals surface area contributed by atoms with Gasteiger partial charge in [-0.1, -0.05) is 42.5 Å². The van der Waals surface area contributed by atoms with E-state index in [9.17, 15) is 15.4 Å². The summed E-state index contributed by atoms with van der Waals surface area (Å²) in [4.78, 5) is 10.3. The van der Waals surface area contributed by atoms with Gasteiger partial charge in [-0.3, -0.25) is 10.1 Å². The van der Waals surface area contributed by atoms with E-state index in [1.807, 2.05) is 60.7 Å². The number of hydrogen-bond donors (Lipinski definition) is 0. The Kier molecular flexibility index (Phi) is 5.60. The lowest BCUT2D eigenvalue weighted by atomic mass is 10.0. The standard InChI is InChI=1S/C22H16N2O3/c23-15-20(19-6-2-1-3-7-19)13-18-5-4-8-22(14-18)27-16-17-9-11-21(12-10-17)24(25)26/h1-14H,16H2/b20-13-. The number of nitro benzene ring substituents is 1. The molecule has 0 aliphatic heterocycles. The van der Waals surface area contributed by atoms with Crippen LogP contribution in [-0.4, -0.2) is 4.92 Å². The first kappa shape index (κ1) is 17.9. The SMILES string of the molecule is N#C/C(=C/c1cccc(OCc2ccc([N+](=O)[O-])cc2)c1)c1ccccc1. The molecule has 0 N–H and O–H groups in total. The van der Waals surface area contributed by atoms with Crippen molar-refractivity contribution in [1.82, 2.24) is 0 Å². The van der Waals surface area contributed by atoms with Gasteiger partial charge in [0.2, 0.25) is 0 Å². The van der Waals surface area contributed by atoms with E-state index in [1.54, 1.807) is 12.1 Å². The van der Waals surface area contributed by atoms with Crippen LogP contribution in [0.1, 0.15) is 16.7 Å². The van der Waals surface area contributed by atoms with Gasteiger partial charge in [-0.2, -0.15) is 5.26 Å². The second-order valence-corrected chi connectivity index (χ2v) is 5.82. The molecule has 0 aromatic heterocycles. The van der Waals surface area contributed by atoms with Crippen LogP contribution >= 0.6 is 0 Å². The van der Waals surface area contributed by atoms with Crippen LogP contribution in [0.4, 0.5) is 5.69 Å². The van der Waals surface area contributed by atoms with Gasteiger partial charge >= 0.3 is 0 Å². The highest BCUT2D eigenvalue weighted by Gasteiger charge is 2.05. The van der Waals surface area contributed by atoms with Gasteiger partial charge in [0.1, 0.15) is 12.4 Å². The van der Waals surface area contributed by atoms with Crippen molar-refractivity contribution in [2.75, 3.05) is 0 Å². The van der Waals surface area contributed by atoms with Crippen LogP contribution in [0, 0.1) is 21.4 Å². The number of hydrogen-bond acceptors (Lipinski definition) is 4. The highest BCUT2D eigenvalue weighted by Crippen LogP contribution is 2.21. The number of nitriles is 1. The summed E-state index contributed by atoms with van der Waals surface area (Å²) in [5, 5.41) is 20.1. The largest absolute Gasteiger partial charge is 0.489 e. The molecule has 0 aliphatic rings. The molecule has 0 radical (unpaired) electrons. The number of allylic oxidation sites excluding steroid dienone is 1. The third kappa shape index (κ3) is 4.80. The Morgan fingerprint density at radius 3 is 2.44 bits per heavy atom. The highest BCUT2D eigenvalue weighted by molar-refractivity contribution is 5.89. The predicted molar refractivity (Wildman–Crippen MR) is 104 cm³/mol. The number of nitro groups is 1. The molecule has 0 saturated heterocycles. The predicted octanol–water partition coefficient (Wildman–Crippen LogP) is 5.24. The molecule has 0 heterocycles. The fourth-order valence-electron chi connectivity index (χ4n) is 2.54. The van der Waals surface area contributed by atoms with E-state index < -0.39 is 4.92 Å². The summed E-state index contributed by atoms with van der Waals surface area (Å²) >= 11 is 0. The fraction of sp³-hybridized carbons (Fsp3) is 0.0455. The molecular weight excluding hydrogens is 340 g/mol. The molecule has 0 saturated carbocycles. The average Bonchev–Trinajstić information content (AvgIpc) is 2.72. The number of non-ortho nitro benzene ring substituents is 1. The number of nitrogens with zero attached hydrogens (tertiary/aromatic N) is 2. The maximum absolute atomic E-state index is 10.7. The minimum atomic E-state index is -0.431. The maximum atomic E-state index is 10.7. The summed E-state index contributed by atoms with van der Waals surface area (Å²) in [5.74, 6) is 0.660. The zero-order valence-corrected chi connectivity index (χ0v) is 14.4. The van der Waals surface area contributed by atoms with Crippen molar-refractivity contribution < 1.29 is 9.66 Å². The van der Waals surface area contributed by atoms with Crippen molar-refractivity contribution in [3.8, 4) is 11.8 Å². The van der Waals surface area contributed by atoms with Gasteiger partial charge in [-0.25, -0.2) is 0 Å². The molecule has 0 aliphatic carbocycles. The summed E-state index contributed by atoms with van der Waals surface area (Å²) in [5.41, 5.74) is 3.18.